The van der Waals surface area contributed by atoms with Gasteiger partial charge in [-0.1, -0.05) is 6.07 Å². The molecule has 12 heterocycles. The van der Waals surface area contributed by atoms with Crippen LogP contribution >= 0.6 is 0 Å². The maximum Gasteiger partial charge on any atom is 0.235 e. The Morgan fingerprint density at radius 1 is 0.358 bits per heavy atom. The molecular weight excluding hydrogens is 1730 g/mol. The van der Waals surface area contributed by atoms with E-state index in [0.717, 1.165) is 151 Å². The second-order valence-corrected chi connectivity index (χ2v) is 36.2. The largest absolute Gasteiger partial charge is 0.495 e. The number of benzene rings is 4. The third kappa shape index (κ3) is 20.1. The summed E-state index contributed by atoms with van der Waals surface area (Å²) in [6.45, 7) is 7.69. The molecule has 20 rings (SSSR count). The minimum Gasteiger partial charge on any atom is -0.495 e. The first-order valence-electron chi connectivity index (χ1n) is 46.3. The van der Waals surface area contributed by atoms with E-state index in [4.69, 9.17) is 28.9 Å². The van der Waals surface area contributed by atoms with Gasteiger partial charge in [0.25, 0.3) is 0 Å². The van der Waals surface area contributed by atoms with Crippen molar-refractivity contribution >= 4 is 89.6 Å². The Morgan fingerprint density at radius 2 is 0.724 bits per heavy atom. The van der Waals surface area contributed by atoms with Gasteiger partial charge in [0.05, 0.1) is 84.0 Å². The van der Waals surface area contributed by atoms with Crippen molar-refractivity contribution in [3.05, 3.63) is 180 Å². The Morgan fingerprint density at radius 3 is 1.13 bits per heavy atom. The van der Waals surface area contributed by atoms with Gasteiger partial charge in [-0.3, -0.25) is 9.97 Å². The van der Waals surface area contributed by atoms with Crippen molar-refractivity contribution in [1.29, 1.82) is 0 Å². The molecule has 0 radical (unpaired) electrons. The molecule has 0 bridgehead atoms. The molecule has 4 aliphatic carbocycles. The number of methoxy groups -OCH3 is 4. The second kappa shape index (κ2) is 40.1. The molecule has 4 saturated carbocycles. The highest BCUT2D eigenvalue weighted by atomic mass is 19.2. The summed E-state index contributed by atoms with van der Waals surface area (Å²) < 4.78 is 112. The minimum atomic E-state index is -1.58. The third-order valence-corrected chi connectivity index (χ3v) is 27.3. The molecule has 8 aliphatic rings. The number of hydrogen-bond acceptors (Lipinski definition) is 30. The number of aromatic nitrogens is 14. The van der Waals surface area contributed by atoms with Crippen molar-refractivity contribution in [2.45, 2.75) is 149 Å². The zero-order chi connectivity index (χ0) is 93.7. The molecule has 4 N–H and O–H groups in total. The van der Waals surface area contributed by atoms with Crippen LogP contribution in [0.3, 0.4) is 0 Å². The number of halogens is 6. The molecule has 30 nitrogen and oxygen atoms in total. The lowest BCUT2D eigenvalue weighted by molar-refractivity contribution is 0.300. The van der Waals surface area contributed by atoms with Crippen LogP contribution in [-0.4, -0.2) is 252 Å². The molecular formula is C98H116F6N22O8. The SMILES string of the molecule is COc1cnccc1C1CCN(c2nc(C3(F)CC3)nc3ccc(N(C)CCO)cc23)CC1.COc1cncnc1C1CCN(c2nc(C3(F)CC3)nc3ccc(N(C)CCO)cc23)CC1.COc1ncccc1C1CCN(c2nc(C3(F)CC3)nc3c(F)cc(N(C)CCO)cc23)CC1.COc1nccnc1C1CCN(c2nc(C3(F)CC3)nc3c(F)cc(N(C)CCO)cc23)CC1. The lowest BCUT2D eigenvalue weighted by Gasteiger charge is -2.34. The quantitative estimate of drug-likeness (QED) is 0.0331. The summed E-state index contributed by atoms with van der Waals surface area (Å²) in [7, 11) is 14.0. The van der Waals surface area contributed by atoms with E-state index in [2.05, 4.69) is 85.5 Å². The van der Waals surface area contributed by atoms with Gasteiger partial charge in [0.15, 0.2) is 63.4 Å². The molecule has 36 heteroatoms. The molecule has 0 amide bonds. The molecule has 4 aliphatic heterocycles. The van der Waals surface area contributed by atoms with Crippen molar-refractivity contribution in [2.75, 3.05) is 201 Å². The first kappa shape index (κ1) is 93.5. The van der Waals surface area contributed by atoms with Gasteiger partial charge in [-0.15, -0.1) is 0 Å². The Balaban J connectivity index is 0.000000124. The number of aliphatic hydroxyl groups excluding tert-OH is 4. The number of piperidine rings is 4. The number of ether oxygens (including phenoxy) is 4. The van der Waals surface area contributed by atoms with Crippen LogP contribution in [0.2, 0.25) is 0 Å². The summed E-state index contributed by atoms with van der Waals surface area (Å²) in [6.07, 6.45) is 22.1. The van der Waals surface area contributed by atoms with Crippen LogP contribution in [0, 0.1) is 11.6 Å². The summed E-state index contributed by atoms with van der Waals surface area (Å²) in [4.78, 5) is 78.6. The van der Waals surface area contributed by atoms with E-state index in [1.165, 1.54) is 17.7 Å². The highest BCUT2D eigenvalue weighted by molar-refractivity contribution is 5.96. The Labute approximate surface area is 774 Å². The summed E-state index contributed by atoms with van der Waals surface area (Å²) in [5.41, 5.74) is 3.06. The van der Waals surface area contributed by atoms with E-state index in [1.54, 1.807) is 89.6 Å². The van der Waals surface area contributed by atoms with Crippen LogP contribution in [0.15, 0.2) is 122 Å². The van der Waals surface area contributed by atoms with Crippen LogP contribution in [0.1, 0.15) is 172 Å². The van der Waals surface area contributed by atoms with Crippen molar-refractivity contribution in [3.63, 3.8) is 0 Å². The number of alkyl halides is 4. The number of fused-ring (bicyclic) bond motifs is 4. The standard InChI is InChI=1S/C25H29F2N5O2.C25H30FN5O2.C24H28F2N6O2.C24H29FN6O2/c1-31(12-13-33)17-14-19-21(20(26)15-17)29-24(25(27)7-8-25)30-22(19)32-10-5-16(6-11-32)18-4-3-9-28-23(18)34-2;1-30(13-14-32)18-3-4-21-20(15-18)23(29-24(28-21)25(26)8-9-25)31-11-6-17(7-12-31)19-5-10-27-16-22(19)33-2;1-31(11-12-33)16-13-17-20(18(25)14-16)29-23(24(26)5-6-24)30-21(17)32-9-3-15(4-10-32)19-22(34-2)28-8-7-27-19;1-30(11-12-32)17-3-4-19-18(13-17)22(29-23(28-19)24(25)7-8-24)31-9-5-16(6-10-31)21-20(33-2)14-26-15-27-21/h3-4,9,14-16,33H,5-8,10-13H2,1-2H3;3-5,10,15-17,32H,6-9,11-14H2,1-2H3;7-8,13-15,33H,3-6,9-12H2,1-2H3;3-4,13-16,32H,5-12H2,1-2H3. The van der Waals surface area contributed by atoms with Gasteiger partial charge in [0.2, 0.25) is 11.8 Å². The zero-order valence-corrected chi connectivity index (χ0v) is 77.0. The third-order valence-electron chi connectivity index (χ3n) is 27.3. The van der Waals surface area contributed by atoms with Crippen LogP contribution in [0.4, 0.5) is 72.4 Å². The van der Waals surface area contributed by atoms with E-state index in [1.807, 2.05) is 90.8 Å². The molecule has 708 valence electrons. The Bertz CT molecular complexity index is 5790. The molecule has 12 aromatic rings. The number of pyridine rings is 2. The monoisotopic (exact) mass is 1840 g/mol. The highest BCUT2D eigenvalue weighted by Crippen LogP contribution is 2.54. The maximum absolute atomic E-state index is 15.2. The average Bonchev–Trinajstić information content (AvgIpc) is 1.69. The Hall–Kier alpha value is -12.3. The number of anilines is 8. The van der Waals surface area contributed by atoms with E-state index in [9.17, 15) is 38.0 Å². The lowest BCUT2D eigenvalue weighted by Crippen LogP contribution is -2.34. The number of aliphatic hydroxyl groups is 4. The van der Waals surface area contributed by atoms with Crippen LogP contribution < -0.4 is 58.1 Å². The fourth-order valence-corrected chi connectivity index (χ4v) is 18.5. The number of nitrogens with zero attached hydrogens (tertiary/aromatic N) is 22. The molecule has 0 atom stereocenters. The van der Waals surface area contributed by atoms with Crippen molar-refractivity contribution < 1.29 is 65.7 Å². The predicted octanol–water partition coefficient (Wildman–Crippen LogP) is 14.3. The summed E-state index contributed by atoms with van der Waals surface area (Å²) in [6, 6.07) is 24.3. The van der Waals surface area contributed by atoms with Gasteiger partial charge >= 0.3 is 0 Å². The average molecular weight is 1840 g/mol. The van der Waals surface area contributed by atoms with Crippen LogP contribution in [-0.2, 0) is 22.7 Å². The normalized spacial score (nSPS) is 17.8. The van der Waals surface area contributed by atoms with Crippen molar-refractivity contribution in [3.8, 4) is 23.3 Å². The van der Waals surface area contributed by atoms with Gasteiger partial charge < -0.3 is 78.6 Å². The second-order valence-electron chi connectivity index (χ2n) is 36.2. The molecule has 8 aromatic heterocycles. The highest BCUT2D eigenvalue weighted by Gasteiger charge is 2.52. The molecule has 0 spiro atoms. The van der Waals surface area contributed by atoms with Gasteiger partial charge in [-0.2, -0.15) is 0 Å². The fraction of sp³-hybridized carbons (Fsp3) is 0.490. The van der Waals surface area contributed by atoms with E-state index in [-0.39, 0.29) is 66.9 Å². The fourth-order valence-electron chi connectivity index (χ4n) is 18.5. The number of hydrogen-bond donors (Lipinski definition) is 4. The first-order valence-corrected chi connectivity index (χ1v) is 46.3. The summed E-state index contributed by atoms with van der Waals surface area (Å²) in [5, 5.41) is 40.2. The topological polar surface area (TPSA) is 324 Å². The smallest absolute Gasteiger partial charge is 0.235 e. The minimum absolute atomic E-state index is 0.0475. The molecule has 134 heavy (non-hydrogen) atoms. The number of rotatable bonds is 28. The van der Waals surface area contributed by atoms with E-state index < -0.39 is 34.3 Å². The van der Waals surface area contributed by atoms with E-state index >= 15 is 8.78 Å². The van der Waals surface area contributed by atoms with Gasteiger partial charge in [0.1, 0.15) is 52.1 Å². The van der Waals surface area contributed by atoms with E-state index in [0.29, 0.717) is 167 Å². The number of likely N-dealkylation sites (N-methyl/N-ethyl adjacent to an activating group) is 4. The Kier molecular flexibility index (Phi) is 28.0. The predicted molar refractivity (Wildman–Crippen MR) is 503 cm³/mol. The molecule has 0 unspecified atom stereocenters. The van der Waals surface area contributed by atoms with Crippen molar-refractivity contribution in [2.24, 2.45) is 0 Å². The summed E-state index contributed by atoms with van der Waals surface area (Å²) in [5.74, 6) is 6.23. The first-order chi connectivity index (χ1) is 64.9. The molecule has 8 fully saturated rings. The molecule has 4 saturated heterocycles. The molecule has 4 aromatic carbocycles. The summed E-state index contributed by atoms with van der Waals surface area (Å²) >= 11 is 0. The lowest BCUT2D eigenvalue weighted by atomic mass is 9.89. The van der Waals surface area contributed by atoms with Gasteiger partial charge in [-0.25, -0.2) is 86.2 Å². The van der Waals surface area contributed by atoms with Gasteiger partial charge in [0, 0.05) is 199 Å². The van der Waals surface area contributed by atoms with Crippen molar-refractivity contribution in [1.82, 2.24) is 69.8 Å². The van der Waals surface area contributed by atoms with Crippen LogP contribution in [0.25, 0.3) is 43.6 Å². The van der Waals surface area contributed by atoms with Gasteiger partial charge in [-0.05, 0) is 187 Å². The maximum atomic E-state index is 15.2. The zero-order valence-electron chi connectivity index (χ0n) is 77.0. The van der Waals surface area contributed by atoms with Crippen LogP contribution in [0.5, 0.6) is 23.3 Å².